The average molecular weight is 643 g/mol. The second-order valence-electron chi connectivity index (χ2n) is 12.2. The van der Waals surface area contributed by atoms with Crippen LogP contribution in [0.2, 0.25) is 0 Å². The molecule has 6 aromatic rings. The lowest BCUT2D eigenvalue weighted by Gasteiger charge is -2.34. The lowest BCUT2D eigenvalue weighted by atomic mass is 9.90. The van der Waals surface area contributed by atoms with Gasteiger partial charge in [0.05, 0.1) is 5.66 Å². The first-order chi connectivity index (χ1) is 23.2. The van der Waals surface area contributed by atoms with Crippen LogP contribution in [0.3, 0.4) is 0 Å². The minimum absolute atomic E-state index is 0.230. The van der Waals surface area contributed by atoms with E-state index >= 15 is 4.57 Å². The zero-order valence-electron chi connectivity index (χ0n) is 26.2. The monoisotopic (exact) mass is 642 g/mol. The van der Waals surface area contributed by atoms with Crippen molar-refractivity contribution < 1.29 is 4.57 Å². The number of hydrogen-bond acceptors (Lipinski definition) is 1. The van der Waals surface area contributed by atoms with Gasteiger partial charge in [0.15, 0.2) is 7.14 Å². The molecule has 228 valence electrons. The number of benzene rings is 6. The molecule has 47 heavy (non-hydrogen) atoms. The van der Waals surface area contributed by atoms with Gasteiger partial charge in [-0.25, -0.2) is 0 Å². The molecule has 0 saturated heterocycles. The zero-order chi connectivity index (χ0) is 31.6. The van der Waals surface area contributed by atoms with Crippen LogP contribution in [-0.4, -0.2) is 5.66 Å². The van der Waals surface area contributed by atoms with E-state index in [1.165, 1.54) is 47.9 Å². The molecular weight excluding hydrogens is 606 g/mol. The van der Waals surface area contributed by atoms with Crippen molar-refractivity contribution in [3.63, 3.8) is 0 Å². The fraction of sp³-hybridized carbons (Fsp3) is 0.0909. The van der Waals surface area contributed by atoms with E-state index < -0.39 is 15.1 Å². The van der Waals surface area contributed by atoms with Gasteiger partial charge in [-0.1, -0.05) is 176 Å². The predicted octanol–water partition coefficient (Wildman–Crippen LogP) is 5.57. The Balaban J connectivity index is 1.52. The van der Waals surface area contributed by atoms with E-state index in [-0.39, 0.29) is 5.66 Å². The van der Waals surface area contributed by atoms with E-state index in [0.717, 1.165) is 23.5 Å². The van der Waals surface area contributed by atoms with Gasteiger partial charge < -0.3 is 4.57 Å². The summed E-state index contributed by atoms with van der Waals surface area (Å²) in [5, 5.41) is 10.8. The van der Waals surface area contributed by atoms with Crippen LogP contribution in [0, 0.1) is 0 Å². The fourth-order valence-electron chi connectivity index (χ4n) is 7.43. The average Bonchev–Trinajstić information content (AvgIpc) is 3.16. The maximum absolute atomic E-state index is 16.3. The molecule has 6 aromatic carbocycles. The Kier molecular flexibility index (Phi) is 8.21. The van der Waals surface area contributed by atoms with Crippen molar-refractivity contribution in [2.75, 3.05) is 0 Å². The summed E-state index contributed by atoms with van der Waals surface area (Å²) < 4.78 is 16.3. The highest BCUT2D eigenvalue weighted by Gasteiger charge is 2.41. The Labute approximate surface area is 278 Å². The minimum Gasteiger partial charge on any atom is -0.313 e. The van der Waals surface area contributed by atoms with Gasteiger partial charge in [-0.05, 0) is 75.1 Å². The van der Waals surface area contributed by atoms with Gasteiger partial charge in [0.2, 0.25) is 0 Å². The molecule has 0 radical (unpaired) electrons. The highest BCUT2D eigenvalue weighted by atomic mass is 31.2. The van der Waals surface area contributed by atoms with Crippen LogP contribution in [0.25, 0.3) is 23.8 Å². The standard InChI is InChI=1S/C44H36OP2/c45-47(37-23-9-3-10-24-37,38-25-11-4-12-26-38)42-32-30-34-18-14-16-28-40(34)44(42)43-39-27-15-13-17-33(39)29-31-41(43)46(35-19-5-1-6-20-35)36-21-7-2-8-22-36/h1-12,14,16-31,42H,13,15,32H2/t42-/m1/s1. The SMILES string of the molecule is O=P(c1ccccc1)(c1ccccc1)[C@@H]1CC=c2ccccc2=C1c1c(P(c2ccccc2)c2ccccc2)ccc2c1=CCCC=2. The molecule has 0 bridgehead atoms. The van der Waals surface area contributed by atoms with Crippen molar-refractivity contribution in [1.82, 2.24) is 0 Å². The number of fused-ring (bicyclic) bond motifs is 2. The zero-order valence-corrected chi connectivity index (χ0v) is 28.0. The molecule has 2 aliphatic rings. The summed E-state index contributed by atoms with van der Waals surface area (Å²) in [5.41, 5.74) is 2.26. The molecule has 0 spiro atoms. The lowest BCUT2D eigenvalue weighted by molar-refractivity contribution is 0.583. The first-order valence-corrected chi connectivity index (χ1v) is 19.6. The van der Waals surface area contributed by atoms with Crippen molar-refractivity contribution in [3.05, 3.63) is 184 Å². The summed E-state index contributed by atoms with van der Waals surface area (Å²) in [4.78, 5) is 0. The molecule has 1 atom stereocenters. The summed E-state index contributed by atoms with van der Waals surface area (Å²) in [6, 6.07) is 55.9. The molecule has 0 N–H and O–H groups in total. The van der Waals surface area contributed by atoms with Crippen molar-refractivity contribution >= 4 is 65.4 Å². The fourth-order valence-corrected chi connectivity index (χ4v) is 13.2. The highest BCUT2D eigenvalue weighted by Crippen LogP contribution is 2.54. The van der Waals surface area contributed by atoms with Gasteiger partial charge in [-0.3, -0.25) is 0 Å². The summed E-state index contributed by atoms with van der Waals surface area (Å²) in [7, 11) is -4.11. The van der Waals surface area contributed by atoms with E-state index in [4.69, 9.17) is 0 Å². The van der Waals surface area contributed by atoms with Gasteiger partial charge in [0.1, 0.15) is 0 Å². The van der Waals surface area contributed by atoms with Crippen molar-refractivity contribution in [2.24, 2.45) is 0 Å². The topological polar surface area (TPSA) is 17.1 Å². The van der Waals surface area contributed by atoms with Gasteiger partial charge >= 0.3 is 0 Å². The van der Waals surface area contributed by atoms with Crippen molar-refractivity contribution in [3.8, 4) is 0 Å². The largest absolute Gasteiger partial charge is 0.313 e. The van der Waals surface area contributed by atoms with Gasteiger partial charge in [-0.2, -0.15) is 0 Å². The first kappa shape index (κ1) is 29.8. The molecule has 3 heteroatoms. The molecule has 2 aliphatic carbocycles. The summed E-state index contributed by atoms with van der Waals surface area (Å²) >= 11 is 0. The van der Waals surface area contributed by atoms with Crippen molar-refractivity contribution in [1.29, 1.82) is 0 Å². The quantitative estimate of drug-likeness (QED) is 0.209. The first-order valence-electron chi connectivity index (χ1n) is 16.5. The van der Waals surface area contributed by atoms with E-state index in [2.05, 4.69) is 140 Å². The van der Waals surface area contributed by atoms with Crippen LogP contribution < -0.4 is 47.4 Å². The normalized spacial score (nSPS) is 15.5. The molecule has 1 nitrogen and oxygen atoms in total. The molecule has 8 rings (SSSR count). The van der Waals surface area contributed by atoms with E-state index in [1.54, 1.807) is 0 Å². The Morgan fingerprint density at radius 3 is 1.66 bits per heavy atom. The molecule has 0 aliphatic heterocycles. The summed E-state index contributed by atoms with van der Waals surface area (Å²) in [6.07, 6.45) is 9.89. The molecule has 0 saturated carbocycles. The Hall–Kier alpha value is -4.54. The maximum atomic E-state index is 16.3. The highest BCUT2D eigenvalue weighted by molar-refractivity contribution is 7.80. The third kappa shape index (κ3) is 5.39. The second kappa shape index (κ2) is 12.9. The third-order valence-electron chi connectivity index (χ3n) is 9.54. The molecular formula is C44H36OP2. The Bertz CT molecular complexity index is 2270. The van der Waals surface area contributed by atoms with Crippen LogP contribution >= 0.6 is 15.1 Å². The van der Waals surface area contributed by atoms with Gasteiger partial charge in [0, 0.05) is 10.6 Å². The number of hydrogen-bond donors (Lipinski definition) is 0. The Morgan fingerprint density at radius 2 is 1.04 bits per heavy atom. The lowest BCUT2D eigenvalue weighted by Crippen LogP contribution is -2.45. The van der Waals surface area contributed by atoms with Crippen LogP contribution in [-0.2, 0) is 4.57 Å². The Morgan fingerprint density at radius 1 is 0.511 bits per heavy atom. The minimum atomic E-state index is -3.19. The van der Waals surface area contributed by atoms with E-state index in [0.29, 0.717) is 6.42 Å². The molecule has 0 amide bonds. The van der Waals surface area contributed by atoms with Gasteiger partial charge in [-0.15, -0.1) is 0 Å². The van der Waals surface area contributed by atoms with Crippen LogP contribution in [0.15, 0.2) is 158 Å². The van der Waals surface area contributed by atoms with Crippen molar-refractivity contribution in [2.45, 2.75) is 24.9 Å². The van der Waals surface area contributed by atoms with E-state index in [9.17, 15) is 0 Å². The summed E-state index contributed by atoms with van der Waals surface area (Å²) in [6.45, 7) is 0. The smallest absolute Gasteiger partial charge is 0.150 e. The third-order valence-corrected chi connectivity index (χ3v) is 15.5. The van der Waals surface area contributed by atoms with Gasteiger partial charge in [0.25, 0.3) is 0 Å². The summed E-state index contributed by atoms with van der Waals surface area (Å²) in [5.74, 6) is 0. The molecule has 0 fully saturated rings. The number of rotatable bonds is 7. The van der Waals surface area contributed by atoms with Crippen LogP contribution in [0.1, 0.15) is 24.8 Å². The second-order valence-corrected chi connectivity index (χ2v) is 17.4. The van der Waals surface area contributed by atoms with Crippen LogP contribution in [0.4, 0.5) is 0 Å². The van der Waals surface area contributed by atoms with Crippen LogP contribution in [0.5, 0.6) is 0 Å². The molecule has 0 aromatic heterocycles. The molecule has 0 unspecified atom stereocenters. The molecule has 0 heterocycles. The maximum Gasteiger partial charge on any atom is 0.150 e. The van der Waals surface area contributed by atoms with E-state index in [1.807, 2.05) is 36.4 Å². The predicted molar refractivity (Wildman–Crippen MR) is 203 cm³/mol.